The molecule has 1 nitrogen and oxygen atoms in total. The predicted molar refractivity (Wildman–Crippen MR) is 58.3 cm³/mol. The van der Waals surface area contributed by atoms with Gasteiger partial charge in [0, 0.05) is 5.92 Å². The first-order chi connectivity index (χ1) is 6.74. The standard InChI is InChI=1S/C13H17O/c1-9-4-3-5-12(10(2)8-14)13(9)11-6-7-11/h3-5,11,14H,6-8H2,1-2H3. The van der Waals surface area contributed by atoms with E-state index < -0.39 is 0 Å². The second kappa shape index (κ2) is 3.74. The summed E-state index contributed by atoms with van der Waals surface area (Å²) in [5, 5.41) is 9.17. The number of hydrogen-bond donors (Lipinski definition) is 1. The molecule has 0 spiro atoms. The van der Waals surface area contributed by atoms with Crippen LogP contribution in [0, 0.1) is 12.8 Å². The molecule has 0 aromatic heterocycles. The number of benzene rings is 1. The van der Waals surface area contributed by atoms with Crippen LogP contribution in [0.15, 0.2) is 18.2 Å². The molecular weight excluding hydrogens is 172 g/mol. The fourth-order valence-corrected chi connectivity index (χ4v) is 2.05. The molecule has 1 aliphatic rings. The van der Waals surface area contributed by atoms with Crippen molar-refractivity contribution in [1.29, 1.82) is 0 Å². The van der Waals surface area contributed by atoms with Crippen molar-refractivity contribution in [3.8, 4) is 0 Å². The van der Waals surface area contributed by atoms with E-state index in [-0.39, 0.29) is 6.61 Å². The van der Waals surface area contributed by atoms with Crippen LogP contribution in [0.1, 0.15) is 42.4 Å². The molecule has 2 rings (SSSR count). The van der Waals surface area contributed by atoms with Crippen molar-refractivity contribution in [2.45, 2.75) is 32.6 Å². The van der Waals surface area contributed by atoms with Gasteiger partial charge in [-0.05, 0) is 42.4 Å². The monoisotopic (exact) mass is 189 g/mol. The molecule has 1 N–H and O–H groups in total. The van der Waals surface area contributed by atoms with Crippen LogP contribution >= 0.6 is 0 Å². The highest BCUT2D eigenvalue weighted by Gasteiger charge is 2.28. The normalized spacial score (nSPS) is 16.3. The van der Waals surface area contributed by atoms with Gasteiger partial charge in [-0.3, -0.25) is 0 Å². The first kappa shape index (κ1) is 9.72. The van der Waals surface area contributed by atoms with Crippen molar-refractivity contribution in [2.24, 2.45) is 0 Å². The molecule has 0 saturated heterocycles. The average molecular weight is 189 g/mol. The van der Waals surface area contributed by atoms with E-state index in [0.717, 1.165) is 11.8 Å². The lowest BCUT2D eigenvalue weighted by atomic mass is 9.90. The van der Waals surface area contributed by atoms with Gasteiger partial charge < -0.3 is 5.11 Å². The fraction of sp³-hybridized carbons (Fsp3) is 0.462. The molecule has 1 aromatic carbocycles. The maximum absolute atomic E-state index is 9.17. The Bertz CT molecular complexity index is 326. The Morgan fingerprint density at radius 1 is 1.43 bits per heavy atom. The third kappa shape index (κ3) is 1.69. The van der Waals surface area contributed by atoms with E-state index in [9.17, 15) is 0 Å². The Hall–Kier alpha value is -0.820. The predicted octanol–water partition coefficient (Wildman–Crippen LogP) is 2.81. The van der Waals surface area contributed by atoms with Gasteiger partial charge in [-0.25, -0.2) is 0 Å². The second-order valence-electron chi connectivity index (χ2n) is 4.25. The molecular formula is C13H17O. The molecule has 1 saturated carbocycles. The van der Waals surface area contributed by atoms with Gasteiger partial charge in [-0.1, -0.05) is 25.1 Å². The quantitative estimate of drug-likeness (QED) is 0.775. The van der Waals surface area contributed by atoms with Crippen molar-refractivity contribution in [3.63, 3.8) is 0 Å². The van der Waals surface area contributed by atoms with E-state index >= 15 is 0 Å². The van der Waals surface area contributed by atoms with E-state index in [1.807, 2.05) is 6.92 Å². The van der Waals surface area contributed by atoms with Crippen LogP contribution in [0.2, 0.25) is 0 Å². The minimum atomic E-state index is 0.170. The van der Waals surface area contributed by atoms with Gasteiger partial charge in [0.15, 0.2) is 0 Å². The maximum atomic E-state index is 9.17. The number of aryl methyl sites for hydroxylation is 1. The third-order valence-corrected chi connectivity index (χ3v) is 3.01. The summed E-state index contributed by atoms with van der Waals surface area (Å²) in [4.78, 5) is 0. The summed E-state index contributed by atoms with van der Waals surface area (Å²) < 4.78 is 0. The number of hydrogen-bond acceptors (Lipinski definition) is 1. The molecule has 0 amide bonds. The number of aliphatic hydroxyl groups excluding tert-OH is 1. The van der Waals surface area contributed by atoms with Crippen LogP contribution in [0.5, 0.6) is 0 Å². The van der Waals surface area contributed by atoms with Crippen LogP contribution in [0.4, 0.5) is 0 Å². The molecule has 0 atom stereocenters. The Labute approximate surface area is 85.8 Å². The Morgan fingerprint density at radius 3 is 2.71 bits per heavy atom. The average Bonchev–Trinajstić information content (AvgIpc) is 3.00. The highest BCUT2D eigenvalue weighted by Crippen LogP contribution is 2.44. The number of aliphatic hydroxyl groups is 1. The molecule has 1 aromatic rings. The number of rotatable bonds is 3. The topological polar surface area (TPSA) is 20.2 Å². The van der Waals surface area contributed by atoms with Crippen LogP contribution in [0.3, 0.4) is 0 Å². The molecule has 75 valence electrons. The largest absolute Gasteiger partial charge is 0.395 e. The smallest absolute Gasteiger partial charge is 0.0534 e. The zero-order valence-corrected chi connectivity index (χ0v) is 8.88. The zero-order valence-electron chi connectivity index (χ0n) is 8.88. The SMILES string of the molecule is C[C](CO)c1cccc(C)c1C1CC1. The molecule has 0 bridgehead atoms. The van der Waals surface area contributed by atoms with Crippen molar-refractivity contribution < 1.29 is 5.11 Å². The van der Waals surface area contributed by atoms with Gasteiger partial charge in [0.2, 0.25) is 0 Å². The van der Waals surface area contributed by atoms with Gasteiger partial charge in [0.1, 0.15) is 0 Å². The minimum absolute atomic E-state index is 0.170. The van der Waals surface area contributed by atoms with Gasteiger partial charge in [-0.15, -0.1) is 0 Å². The Balaban J connectivity index is 2.41. The first-order valence-electron chi connectivity index (χ1n) is 5.27. The molecule has 1 heteroatoms. The summed E-state index contributed by atoms with van der Waals surface area (Å²) in [6.45, 7) is 4.35. The van der Waals surface area contributed by atoms with E-state index in [2.05, 4.69) is 25.1 Å². The van der Waals surface area contributed by atoms with Gasteiger partial charge in [-0.2, -0.15) is 0 Å². The van der Waals surface area contributed by atoms with Crippen molar-refractivity contribution in [2.75, 3.05) is 6.61 Å². The van der Waals surface area contributed by atoms with Crippen LogP contribution < -0.4 is 0 Å². The molecule has 0 unspecified atom stereocenters. The van der Waals surface area contributed by atoms with Crippen LogP contribution in [-0.4, -0.2) is 11.7 Å². The highest BCUT2D eigenvalue weighted by atomic mass is 16.3. The Kier molecular flexibility index (Phi) is 2.60. The lowest BCUT2D eigenvalue weighted by molar-refractivity contribution is 0.314. The van der Waals surface area contributed by atoms with E-state index in [1.54, 1.807) is 0 Å². The summed E-state index contributed by atoms with van der Waals surface area (Å²) in [7, 11) is 0. The first-order valence-corrected chi connectivity index (χ1v) is 5.27. The van der Waals surface area contributed by atoms with Crippen molar-refractivity contribution >= 4 is 0 Å². The van der Waals surface area contributed by atoms with Crippen LogP contribution in [-0.2, 0) is 0 Å². The molecule has 1 radical (unpaired) electrons. The van der Waals surface area contributed by atoms with Gasteiger partial charge in [0.05, 0.1) is 6.61 Å². The van der Waals surface area contributed by atoms with Crippen molar-refractivity contribution in [3.05, 3.63) is 40.8 Å². The Morgan fingerprint density at radius 2 is 2.14 bits per heavy atom. The molecule has 1 fully saturated rings. The van der Waals surface area contributed by atoms with E-state index in [1.165, 1.54) is 29.5 Å². The van der Waals surface area contributed by atoms with Gasteiger partial charge in [0.25, 0.3) is 0 Å². The van der Waals surface area contributed by atoms with Crippen molar-refractivity contribution in [1.82, 2.24) is 0 Å². The summed E-state index contributed by atoms with van der Waals surface area (Å²) in [5.74, 6) is 1.85. The summed E-state index contributed by atoms with van der Waals surface area (Å²) >= 11 is 0. The van der Waals surface area contributed by atoms with E-state index in [4.69, 9.17) is 5.11 Å². The lowest BCUT2D eigenvalue weighted by Gasteiger charge is -2.15. The lowest BCUT2D eigenvalue weighted by Crippen LogP contribution is -2.05. The summed E-state index contributed by atoms with van der Waals surface area (Å²) in [6.07, 6.45) is 2.63. The van der Waals surface area contributed by atoms with E-state index in [0.29, 0.717) is 0 Å². The van der Waals surface area contributed by atoms with Crippen LogP contribution in [0.25, 0.3) is 0 Å². The minimum Gasteiger partial charge on any atom is -0.395 e. The second-order valence-corrected chi connectivity index (χ2v) is 4.25. The van der Waals surface area contributed by atoms with Gasteiger partial charge >= 0.3 is 0 Å². The molecule has 0 heterocycles. The zero-order chi connectivity index (χ0) is 10.1. The molecule has 14 heavy (non-hydrogen) atoms. The summed E-state index contributed by atoms with van der Waals surface area (Å²) in [5.41, 5.74) is 4.12. The maximum Gasteiger partial charge on any atom is 0.0534 e. The molecule has 0 aliphatic heterocycles. The summed E-state index contributed by atoms with van der Waals surface area (Å²) in [6, 6.07) is 6.38. The molecule has 1 aliphatic carbocycles. The highest BCUT2D eigenvalue weighted by molar-refractivity contribution is 5.46. The fourth-order valence-electron chi connectivity index (χ4n) is 2.05. The third-order valence-electron chi connectivity index (χ3n) is 3.01.